The average molecular weight is 790 g/mol. The Morgan fingerprint density at radius 3 is 2.58 bits per heavy atom. The van der Waals surface area contributed by atoms with Crippen LogP contribution in [0.3, 0.4) is 0 Å². The molecule has 5 fully saturated rings. The van der Waals surface area contributed by atoms with Crippen molar-refractivity contribution in [1.29, 1.82) is 0 Å². The van der Waals surface area contributed by atoms with Gasteiger partial charge >= 0.3 is 0 Å². The number of nitrogens with zero attached hydrogens (tertiary/aromatic N) is 1. The number of aliphatic imine (C=N–C) groups is 1. The summed E-state index contributed by atoms with van der Waals surface area (Å²) in [4.78, 5) is 30.2. The molecule has 0 amide bonds. The lowest BCUT2D eigenvalue weighted by atomic mass is 9.63. The van der Waals surface area contributed by atoms with Crippen LogP contribution in [0.25, 0.3) is 0 Å². The molecular weight excluding hydrogens is 717 g/mol. The van der Waals surface area contributed by atoms with Crippen molar-refractivity contribution in [2.75, 3.05) is 20.2 Å². The van der Waals surface area contributed by atoms with Crippen LogP contribution < -0.4 is 16.4 Å². The van der Waals surface area contributed by atoms with E-state index in [1.54, 1.807) is 7.11 Å². The summed E-state index contributed by atoms with van der Waals surface area (Å²) < 4.78 is 5.70. The van der Waals surface area contributed by atoms with E-state index in [-0.39, 0.29) is 41.2 Å². The molecule has 7 rings (SSSR count). The molecule has 10 heteroatoms. The van der Waals surface area contributed by atoms with E-state index in [0.717, 1.165) is 58.0 Å². The van der Waals surface area contributed by atoms with Gasteiger partial charge in [0.1, 0.15) is 29.6 Å². The molecule has 0 spiro atoms. The monoisotopic (exact) mass is 790 g/mol. The first-order valence-corrected chi connectivity index (χ1v) is 23.0. The van der Waals surface area contributed by atoms with Gasteiger partial charge in [0.2, 0.25) is 0 Å². The number of fused-ring (bicyclic) bond motifs is 2. The van der Waals surface area contributed by atoms with Gasteiger partial charge in [-0.05, 0) is 137 Å². The van der Waals surface area contributed by atoms with Gasteiger partial charge in [-0.15, -0.1) is 4.99 Å². The number of allylic oxidation sites excluding steroid dienone is 1. The molecule has 14 atom stereocenters. The third kappa shape index (κ3) is 10.8. The highest BCUT2D eigenvalue weighted by Crippen LogP contribution is 2.52. The summed E-state index contributed by atoms with van der Waals surface area (Å²) >= 11 is 0. The molecule has 3 heterocycles. The summed E-state index contributed by atoms with van der Waals surface area (Å²) in [6, 6.07) is 0.348. The van der Waals surface area contributed by atoms with Gasteiger partial charge in [-0.1, -0.05) is 31.1 Å². The normalized spacial score (nSPS) is 39.0. The summed E-state index contributed by atoms with van der Waals surface area (Å²) in [6.07, 6.45) is 20.1. The van der Waals surface area contributed by atoms with Gasteiger partial charge in [-0.25, -0.2) is 0 Å². The van der Waals surface area contributed by atoms with E-state index >= 15 is 0 Å². The third-order valence-corrected chi connectivity index (χ3v) is 16.1. The van der Waals surface area contributed by atoms with Crippen LogP contribution >= 0.6 is 0 Å². The molecule has 7 N–H and O–H groups in total. The Morgan fingerprint density at radius 1 is 0.982 bits per heavy atom. The maximum atomic E-state index is 13.9. The lowest BCUT2D eigenvalue weighted by Crippen LogP contribution is -2.52. The summed E-state index contributed by atoms with van der Waals surface area (Å²) in [5.41, 5.74) is 7.85. The molecule has 7 aliphatic rings. The fourth-order valence-electron chi connectivity index (χ4n) is 12.7. The van der Waals surface area contributed by atoms with Gasteiger partial charge in [0.05, 0.1) is 36.7 Å². The van der Waals surface area contributed by atoms with E-state index in [9.17, 15) is 24.9 Å². The molecule has 57 heavy (non-hydrogen) atoms. The van der Waals surface area contributed by atoms with Crippen LogP contribution in [0.1, 0.15) is 135 Å². The number of carbonyl (C=O) groups is 2. The molecule has 0 aromatic heterocycles. The Morgan fingerprint density at radius 2 is 1.79 bits per heavy atom. The number of Topliss-reactive ketones (excluding diaryl/α,β-unsaturated/α-hetero) is 2. The second-order valence-corrected chi connectivity index (χ2v) is 19.6. The number of ether oxygens (including phenoxy) is 1. The van der Waals surface area contributed by atoms with Crippen LogP contribution in [0, 0.1) is 71.1 Å². The van der Waals surface area contributed by atoms with Gasteiger partial charge in [0.25, 0.3) is 0 Å². The van der Waals surface area contributed by atoms with Crippen molar-refractivity contribution in [2.24, 2.45) is 63.5 Å². The van der Waals surface area contributed by atoms with Gasteiger partial charge in [0, 0.05) is 51.3 Å². The summed E-state index contributed by atoms with van der Waals surface area (Å²) in [6.45, 7) is 3.70. The molecule has 0 aromatic rings. The first-order valence-electron chi connectivity index (χ1n) is 23.0. The van der Waals surface area contributed by atoms with Gasteiger partial charge in [-0.3, -0.25) is 9.59 Å². The van der Waals surface area contributed by atoms with Crippen molar-refractivity contribution >= 4 is 17.8 Å². The smallest absolute Gasteiger partial charge is 0.176 e. The molecule has 3 saturated carbocycles. The topological polar surface area (TPSA) is 166 Å². The molecule has 10 nitrogen and oxygen atoms in total. The Balaban J connectivity index is 0.977. The number of ketones is 2. The van der Waals surface area contributed by atoms with E-state index in [0.29, 0.717) is 93.3 Å². The molecule has 4 aliphatic carbocycles. The Labute approximate surface area is 342 Å². The Hall–Kier alpha value is -2.10. The van der Waals surface area contributed by atoms with Crippen LogP contribution in [0.4, 0.5) is 0 Å². The SMILES string of the molecule is COC1CC2CCC(=O)[C@@H]([C@H](O)CCCC3([C@H]4CN[C@@H]5CC(=O)CC[C@H]5C4)CCCC3)C#C[C@@H](CC[C@H](O)CCC3CC(N)NCC3CC3=C[CH+]N=C3)C2CC1O. The van der Waals surface area contributed by atoms with Crippen LogP contribution in [0.15, 0.2) is 16.6 Å². The predicted octanol–water partition coefficient (Wildman–Crippen LogP) is 5.42. The second kappa shape index (κ2) is 20.0. The Bertz CT molecular complexity index is 1480. The van der Waals surface area contributed by atoms with Gasteiger partial charge in [0.15, 0.2) is 6.21 Å². The minimum absolute atomic E-state index is 0.0247. The van der Waals surface area contributed by atoms with Crippen molar-refractivity contribution in [3.63, 3.8) is 0 Å². The summed E-state index contributed by atoms with van der Waals surface area (Å²) in [7, 11) is 1.65. The van der Waals surface area contributed by atoms with Crippen molar-refractivity contribution in [3.8, 4) is 11.8 Å². The number of hydrogen-bond acceptors (Lipinski definition) is 10. The molecule has 0 bridgehead atoms. The summed E-state index contributed by atoms with van der Waals surface area (Å²) in [5, 5.41) is 41.4. The number of nitrogens with one attached hydrogen (secondary N) is 2. The van der Waals surface area contributed by atoms with Crippen molar-refractivity contribution in [1.82, 2.24) is 10.6 Å². The Kier molecular flexibility index (Phi) is 15.1. The molecular formula is C47H73N4O6+. The zero-order valence-electron chi connectivity index (χ0n) is 34.7. The summed E-state index contributed by atoms with van der Waals surface area (Å²) in [5.74, 6) is 8.89. The van der Waals surface area contributed by atoms with E-state index in [4.69, 9.17) is 10.5 Å². The number of carbonyl (C=O) groups excluding carboxylic acids is 2. The highest BCUT2D eigenvalue weighted by molar-refractivity contribution is 5.84. The van der Waals surface area contributed by atoms with E-state index in [1.807, 2.05) is 12.8 Å². The first-order chi connectivity index (χ1) is 27.6. The zero-order chi connectivity index (χ0) is 39.9. The van der Waals surface area contributed by atoms with Gasteiger partial charge in [-0.2, -0.15) is 0 Å². The highest BCUT2D eigenvalue weighted by atomic mass is 16.5. The van der Waals surface area contributed by atoms with E-state index < -0.39 is 24.2 Å². The van der Waals surface area contributed by atoms with E-state index in [1.165, 1.54) is 37.7 Å². The fraction of sp³-hybridized carbons (Fsp3) is 0.830. The second-order valence-electron chi connectivity index (χ2n) is 19.6. The number of aliphatic hydroxyl groups is 3. The third-order valence-electron chi connectivity index (χ3n) is 16.1. The molecule has 3 aliphatic heterocycles. The number of piperidine rings is 2. The number of nitrogens with two attached hydrogens (primary N) is 1. The molecule has 316 valence electrons. The lowest BCUT2D eigenvalue weighted by molar-refractivity contribution is -0.125. The largest absolute Gasteiger partial charge is 0.393 e. The van der Waals surface area contributed by atoms with Crippen LogP contribution in [-0.4, -0.2) is 89.9 Å². The maximum absolute atomic E-state index is 13.9. The quantitative estimate of drug-likeness (QED) is 0.0939. The van der Waals surface area contributed by atoms with Crippen LogP contribution in [0.5, 0.6) is 0 Å². The van der Waals surface area contributed by atoms with Crippen LogP contribution in [-0.2, 0) is 14.3 Å². The zero-order valence-corrected chi connectivity index (χ0v) is 34.7. The predicted molar refractivity (Wildman–Crippen MR) is 223 cm³/mol. The first kappa shape index (κ1) is 43.0. The molecule has 0 radical (unpaired) electrons. The molecule has 7 unspecified atom stereocenters. The average Bonchev–Trinajstić information content (AvgIpc) is 3.92. The minimum atomic E-state index is -0.807. The number of hydrogen-bond donors (Lipinski definition) is 6. The number of rotatable bonds is 15. The number of aliphatic hydroxyl groups excluding tert-OH is 3. The molecule has 2 saturated heterocycles. The fourth-order valence-corrected chi connectivity index (χ4v) is 12.7. The number of methoxy groups -OCH3 is 1. The highest BCUT2D eigenvalue weighted by Gasteiger charge is 2.46. The lowest BCUT2D eigenvalue weighted by Gasteiger charge is -2.47. The van der Waals surface area contributed by atoms with Crippen molar-refractivity contribution < 1.29 is 29.6 Å². The van der Waals surface area contributed by atoms with Crippen molar-refractivity contribution in [3.05, 3.63) is 18.2 Å². The van der Waals surface area contributed by atoms with Gasteiger partial charge < -0.3 is 36.4 Å². The van der Waals surface area contributed by atoms with Crippen molar-refractivity contribution in [2.45, 2.75) is 171 Å². The maximum Gasteiger partial charge on any atom is 0.176 e. The molecule has 0 aromatic carbocycles. The standard InChI is InChI=1S/C47H73N4O6/c1-57-45-23-33-10-15-43(55)39(42(54)5-4-19-47(17-2-3-18-47)36-22-34-8-13-38(53)25-41(34)50-29-36)14-9-31(40(33)26-44(45)56)6-11-37(52)12-7-32-24-46(48)51-28-35(32)21-30-16-20-49-27-30/h16,20,27,31-37,39-42,44-46,50-52,54,56H,2-8,10-13,15,17-19,21-26,28-29,48H2,1H3/q+1/t31-,32?,33?,34+,35?,36-,37+,39-,40?,41-,42-,44?,45?,46?/m1/s1. The minimum Gasteiger partial charge on any atom is -0.393 e. The van der Waals surface area contributed by atoms with Crippen LogP contribution in [0.2, 0.25) is 0 Å². The van der Waals surface area contributed by atoms with E-state index in [2.05, 4.69) is 33.5 Å².